The van der Waals surface area contributed by atoms with Gasteiger partial charge in [-0.1, -0.05) is 41.9 Å². The van der Waals surface area contributed by atoms with Crippen molar-refractivity contribution in [3.8, 4) is 22.5 Å². The monoisotopic (exact) mass is 489 g/mol. The van der Waals surface area contributed by atoms with Gasteiger partial charge in [-0.25, -0.2) is 9.97 Å². The summed E-state index contributed by atoms with van der Waals surface area (Å²) in [6, 6.07) is 16.9. The van der Waals surface area contributed by atoms with Crippen LogP contribution in [0.3, 0.4) is 0 Å². The lowest BCUT2D eigenvalue weighted by molar-refractivity contribution is -0.122. The smallest absolute Gasteiger partial charge is 0.263 e. The summed E-state index contributed by atoms with van der Waals surface area (Å²) in [5, 5.41) is 3.70. The van der Waals surface area contributed by atoms with Crippen molar-refractivity contribution in [3.05, 3.63) is 81.7 Å². The number of carbonyl (C=O) groups is 1. The highest BCUT2D eigenvalue weighted by atomic mass is 35.5. The SMILES string of the molecule is CC(C)NC(=O)Cn1c(-c2cccc(Cl)c2)nc2ncc(-c3cccc(CN(C)C)c3)cc2c1=O. The summed E-state index contributed by atoms with van der Waals surface area (Å²) in [7, 11) is 4.04. The molecule has 2 aromatic carbocycles. The molecule has 4 aromatic rings. The van der Waals surface area contributed by atoms with Crippen molar-refractivity contribution < 1.29 is 4.79 Å². The molecule has 0 atom stereocenters. The van der Waals surface area contributed by atoms with Gasteiger partial charge in [-0.2, -0.15) is 0 Å². The van der Waals surface area contributed by atoms with Gasteiger partial charge in [0.25, 0.3) is 5.56 Å². The third kappa shape index (κ3) is 5.75. The van der Waals surface area contributed by atoms with Gasteiger partial charge in [-0.15, -0.1) is 0 Å². The van der Waals surface area contributed by atoms with Gasteiger partial charge in [-0.3, -0.25) is 14.2 Å². The second-order valence-electron chi connectivity index (χ2n) is 9.09. The third-order valence-electron chi connectivity index (χ3n) is 5.40. The summed E-state index contributed by atoms with van der Waals surface area (Å²) in [6.45, 7) is 4.39. The molecule has 7 nitrogen and oxygen atoms in total. The van der Waals surface area contributed by atoms with Crippen LogP contribution < -0.4 is 10.9 Å². The maximum Gasteiger partial charge on any atom is 0.263 e. The van der Waals surface area contributed by atoms with Gasteiger partial charge in [0.2, 0.25) is 5.91 Å². The molecule has 180 valence electrons. The van der Waals surface area contributed by atoms with Crippen molar-refractivity contribution in [2.45, 2.75) is 33.0 Å². The summed E-state index contributed by atoms with van der Waals surface area (Å²) in [6.07, 6.45) is 1.72. The molecule has 1 amide bonds. The summed E-state index contributed by atoms with van der Waals surface area (Å²) >= 11 is 6.20. The summed E-state index contributed by atoms with van der Waals surface area (Å²) < 4.78 is 1.39. The molecule has 0 radical (unpaired) electrons. The van der Waals surface area contributed by atoms with E-state index in [0.717, 1.165) is 23.2 Å². The Morgan fingerprint density at radius 2 is 1.80 bits per heavy atom. The van der Waals surface area contributed by atoms with Crippen molar-refractivity contribution in [3.63, 3.8) is 0 Å². The lowest BCUT2D eigenvalue weighted by Crippen LogP contribution is -2.37. The number of hydrogen-bond donors (Lipinski definition) is 1. The number of benzene rings is 2. The predicted molar refractivity (Wildman–Crippen MR) is 140 cm³/mol. The Morgan fingerprint density at radius 3 is 2.51 bits per heavy atom. The first-order valence-corrected chi connectivity index (χ1v) is 11.8. The third-order valence-corrected chi connectivity index (χ3v) is 5.64. The lowest BCUT2D eigenvalue weighted by atomic mass is 10.0. The van der Waals surface area contributed by atoms with Crippen LogP contribution in [0.15, 0.2) is 65.6 Å². The van der Waals surface area contributed by atoms with E-state index in [1.807, 2.05) is 40.1 Å². The van der Waals surface area contributed by atoms with Gasteiger partial charge in [0, 0.05) is 34.9 Å². The second kappa shape index (κ2) is 10.4. The molecule has 2 heterocycles. The first-order valence-electron chi connectivity index (χ1n) is 11.4. The lowest BCUT2D eigenvalue weighted by Gasteiger charge is -2.15. The molecule has 0 fully saturated rings. The molecule has 8 heteroatoms. The van der Waals surface area contributed by atoms with E-state index in [4.69, 9.17) is 11.6 Å². The van der Waals surface area contributed by atoms with Crippen LogP contribution in [0.4, 0.5) is 0 Å². The number of amides is 1. The minimum atomic E-state index is -0.331. The molecule has 0 aliphatic rings. The topological polar surface area (TPSA) is 80.1 Å². The molecule has 4 rings (SSSR count). The molecule has 1 N–H and O–H groups in total. The Labute approximate surface area is 209 Å². The largest absolute Gasteiger partial charge is 0.352 e. The van der Waals surface area contributed by atoms with Crippen LogP contribution in [0.5, 0.6) is 0 Å². The first-order chi connectivity index (χ1) is 16.7. The quantitative estimate of drug-likeness (QED) is 0.417. The molecule has 0 unspecified atom stereocenters. The molecule has 0 saturated heterocycles. The average molecular weight is 490 g/mol. The Balaban J connectivity index is 1.86. The van der Waals surface area contributed by atoms with Gasteiger partial charge in [0.1, 0.15) is 12.4 Å². The van der Waals surface area contributed by atoms with Crippen LogP contribution in [0, 0.1) is 0 Å². The van der Waals surface area contributed by atoms with Gasteiger partial charge in [-0.05, 0) is 63.3 Å². The standard InChI is InChI=1S/C27H28ClN5O2/c1-17(2)30-24(34)16-33-26(20-9-6-10-22(28)12-20)31-25-23(27(33)35)13-21(14-29-25)19-8-5-7-18(11-19)15-32(3)4/h5-14,17H,15-16H2,1-4H3,(H,30,34). The molecule has 35 heavy (non-hydrogen) atoms. The van der Waals surface area contributed by atoms with Crippen molar-refractivity contribution in [1.82, 2.24) is 24.8 Å². The zero-order valence-corrected chi connectivity index (χ0v) is 21.0. The summed E-state index contributed by atoms with van der Waals surface area (Å²) in [5.74, 6) is 0.0733. The van der Waals surface area contributed by atoms with E-state index in [1.54, 1.807) is 36.5 Å². The fraction of sp³-hybridized carbons (Fsp3) is 0.259. The molecule has 0 spiro atoms. The number of carbonyl (C=O) groups excluding carboxylic acids is 1. The normalized spacial score (nSPS) is 11.4. The van der Waals surface area contributed by atoms with E-state index in [2.05, 4.69) is 32.3 Å². The maximum absolute atomic E-state index is 13.7. The van der Waals surface area contributed by atoms with E-state index in [0.29, 0.717) is 27.4 Å². The number of pyridine rings is 1. The Kier molecular flexibility index (Phi) is 7.28. The highest BCUT2D eigenvalue weighted by Gasteiger charge is 2.18. The average Bonchev–Trinajstić information content (AvgIpc) is 2.80. The van der Waals surface area contributed by atoms with Gasteiger partial charge in [0.15, 0.2) is 5.65 Å². The zero-order valence-electron chi connectivity index (χ0n) is 20.2. The fourth-order valence-electron chi connectivity index (χ4n) is 3.98. The molecular weight excluding hydrogens is 462 g/mol. The van der Waals surface area contributed by atoms with Crippen molar-refractivity contribution in [2.75, 3.05) is 14.1 Å². The van der Waals surface area contributed by atoms with E-state index in [9.17, 15) is 9.59 Å². The number of rotatable bonds is 7. The Morgan fingerprint density at radius 1 is 1.06 bits per heavy atom. The number of halogens is 1. The van der Waals surface area contributed by atoms with E-state index in [-0.39, 0.29) is 24.1 Å². The first kappa shape index (κ1) is 24.6. The van der Waals surface area contributed by atoms with Crippen LogP contribution in [-0.2, 0) is 17.9 Å². The van der Waals surface area contributed by atoms with Crippen molar-refractivity contribution in [2.24, 2.45) is 0 Å². The second-order valence-corrected chi connectivity index (χ2v) is 9.53. The maximum atomic E-state index is 13.7. The molecule has 0 saturated carbocycles. The zero-order chi connectivity index (χ0) is 25.1. The van der Waals surface area contributed by atoms with Gasteiger partial charge >= 0.3 is 0 Å². The van der Waals surface area contributed by atoms with Crippen LogP contribution >= 0.6 is 11.6 Å². The van der Waals surface area contributed by atoms with Gasteiger partial charge in [0.05, 0.1) is 5.39 Å². The number of hydrogen-bond acceptors (Lipinski definition) is 5. The number of nitrogens with zero attached hydrogens (tertiary/aromatic N) is 4. The summed E-state index contributed by atoms with van der Waals surface area (Å²) in [5.41, 5.74) is 3.55. The molecule has 0 aliphatic carbocycles. The Hall–Kier alpha value is -3.55. The van der Waals surface area contributed by atoms with Crippen molar-refractivity contribution >= 4 is 28.5 Å². The van der Waals surface area contributed by atoms with Crippen LogP contribution in [0.2, 0.25) is 5.02 Å². The molecular formula is C27H28ClN5O2. The van der Waals surface area contributed by atoms with E-state index < -0.39 is 0 Å². The number of aromatic nitrogens is 3. The molecule has 0 bridgehead atoms. The highest BCUT2D eigenvalue weighted by molar-refractivity contribution is 6.30. The Bertz CT molecular complexity index is 1450. The molecule has 2 aromatic heterocycles. The minimum Gasteiger partial charge on any atom is -0.352 e. The van der Waals surface area contributed by atoms with E-state index >= 15 is 0 Å². The van der Waals surface area contributed by atoms with Crippen LogP contribution in [0.25, 0.3) is 33.5 Å². The highest BCUT2D eigenvalue weighted by Crippen LogP contribution is 2.25. The minimum absolute atomic E-state index is 0.0519. The summed E-state index contributed by atoms with van der Waals surface area (Å²) in [4.78, 5) is 37.6. The number of fused-ring (bicyclic) bond motifs is 1. The predicted octanol–water partition coefficient (Wildman–Crippen LogP) is 4.37. The van der Waals surface area contributed by atoms with Crippen LogP contribution in [0.1, 0.15) is 19.4 Å². The van der Waals surface area contributed by atoms with Gasteiger partial charge < -0.3 is 10.2 Å². The van der Waals surface area contributed by atoms with E-state index in [1.165, 1.54) is 4.57 Å². The number of nitrogens with one attached hydrogen (secondary N) is 1. The fourth-order valence-corrected chi connectivity index (χ4v) is 4.17. The molecule has 0 aliphatic heterocycles. The van der Waals surface area contributed by atoms with Crippen LogP contribution in [-0.4, -0.2) is 45.5 Å². The van der Waals surface area contributed by atoms with Crippen molar-refractivity contribution in [1.29, 1.82) is 0 Å².